The lowest BCUT2D eigenvalue weighted by atomic mass is 9.94. The molecule has 3 aromatic rings. The SMILES string of the molecule is CCCCCCCOc1ccc(CC[C@](C)(CO)NCN2C(=O)/C(=C/c3cc(C)n(-c4ccc(F)cc4F)c3C)SC2=NCCOC)cc1. The van der Waals surface area contributed by atoms with E-state index in [4.69, 9.17) is 9.47 Å². The van der Waals surface area contributed by atoms with Crippen LogP contribution in [-0.2, 0) is 16.0 Å². The highest BCUT2D eigenvalue weighted by Crippen LogP contribution is 2.34. The van der Waals surface area contributed by atoms with Crippen molar-refractivity contribution in [1.29, 1.82) is 0 Å². The Labute approximate surface area is 293 Å². The predicted molar refractivity (Wildman–Crippen MR) is 194 cm³/mol. The molecule has 0 saturated carbocycles. The Morgan fingerprint density at radius 2 is 1.80 bits per heavy atom. The summed E-state index contributed by atoms with van der Waals surface area (Å²) in [5.41, 5.74) is 2.92. The van der Waals surface area contributed by atoms with E-state index in [1.54, 1.807) is 22.7 Å². The summed E-state index contributed by atoms with van der Waals surface area (Å²) < 4.78 is 41.1. The molecule has 11 heteroatoms. The molecule has 4 rings (SSSR count). The number of aliphatic hydroxyl groups is 1. The second kappa shape index (κ2) is 18.5. The Morgan fingerprint density at radius 1 is 1.04 bits per heavy atom. The van der Waals surface area contributed by atoms with Gasteiger partial charge in [0.2, 0.25) is 0 Å². The number of amides is 1. The lowest BCUT2D eigenvalue weighted by Gasteiger charge is -2.31. The number of hydrogen-bond donors (Lipinski definition) is 2. The highest BCUT2D eigenvalue weighted by molar-refractivity contribution is 8.18. The Bertz CT molecular complexity index is 1610. The van der Waals surface area contributed by atoms with Crippen LogP contribution >= 0.6 is 11.8 Å². The number of carbonyl (C=O) groups excluding carboxylic acids is 1. The third-order valence-corrected chi connectivity index (χ3v) is 9.80. The van der Waals surface area contributed by atoms with Gasteiger partial charge < -0.3 is 19.1 Å². The highest BCUT2D eigenvalue weighted by atomic mass is 32.2. The molecule has 2 heterocycles. The molecule has 0 bridgehead atoms. The Balaban J connectivity index is 1.42. The molecule has 0 spiro atoms. The molecule has 2 aromatic carbocycles. The van der Waals surface area contributed by atoms with Gasteiger partial charge in [-0.25, -0.2) is 8.78 Å². The number of carbonyl (C=O) groups is 1. The van der Waals surface area contributed by atoms with Crippen LogP contribution in [0.15, 0.2) is 58.4 Å². The molecule has 1 fully saturated rings. The summed E-state index contributed by atoms with van der Waals surface area (Å²) in [5, 5.41) is 14.3. The largest absolute Gasteiger partial charge is 0.494 e. The number of ether oxygens (including phenoxy) is 2. The van der Waals surface area contributed by atoms with E-state index < -0.39 is 17.2 Å². The zero-order valence-corrected chi connectivity index (χ0v) is 30.2. The van der Waals surface area contributed by atoms with Crippen molar-refractivity contribution in [3.05, 3.63) is 87.6 Å². The van der Waals surface area contributed by atoms with Crippen molar-refractivity contribution in [2.75, 3.05) is 40.1 Å². The minimum absolute atomic E-state index is 0.119. The maximum Gasteiger partial charge on any atom is 0.267 e. The van der Waals surface area contributed by atoms with Gasteiger partial charge in [0, 0.05) is 30.1 Å². The predicted octanol–water partition coefficient (Wildman–Crippen LogP) is 7.57. The van der Waals surface area contributed by atoms with E-state index in [-0.39, 0.29) is 24.9 Å². The number of aryl methyl sites for hydroxylation is 2. The zero-order valence-electron chi connectivity index (χ0n) is 29.4. The Morgan fingerprint density at radius 3 is 2.49 bits per heavy atom. The van der Waals surface area contributed by atoms with Crippen LogP contribution in [0.25, 0.3) is 11.8 Å². The highest BCUT2D eigenvalue weighted by Gasteiger charge is 2.35. The van der Waals surface area contributed by atoms with Gasteiger partial charge in [-0.1, -0.05) is 44.7 Å². The molecule has 266 valence electrons. The van der Waals surface area contributed by atoms with E-state index >= 15 is 0 Å². The topological polar surface area (TPSA) is 88.3 Å². The van der Waals surface area contributed by atoms with Crippen LogP contribution in [-0.4, -0.2) is 71.3 Å². The van der Waals surface area contributed by atoms with Crippen LogP contribution in [0.5, 0.6) is 5.75 Å². The first-order valence-electron chi connectivity index (χ1n) is 17.1. The number of amidine groups is 1. The van der Waals surface area contributed by atoms with Gasteiger partial charge in [-0.15, -0.1) is 0 Å². The van der Waals surface area contributed by atoms with E-state index in [0.717, 1.165) is 48.1 Å². The van der Waals surface area contributed by atoms with Crippen molar-refractivity contribution in [1.82, 2.24) is 14.8 Å². The number of thioether (sulfide) groups is 1. The molecule has 8 nitrogen and oxygen atoms in total. The summed E-state index contributed by atoms with van der Waals surface area (Å²) in [5.74, 6) is -0.680. The van der Waals surface area contributed by atoms with Crippen molar-refractivity contribution < 1.29 is 28.2 Å². The van der Waals surface area contributed by atoms with Gasteiger partial charge in [-0.3, -0.25) is 20.0 Å². The van der Waals surface area contributed by atoms with Crippen molar-refractivity contribution in [3.63, 3.8) is 0 Å². The number of methoxy groups -OCH3 is 1. The molecule has 1 aliphatic heterocycles. The lowest BCUT2D eigenvalue weighted by Crippen LogP contribution is -2.51. The van der Waals surface area contributed by atoms with Crippen molar-refractivity contribution >= 4 is 28.9 Å². The number of benzene rings is 2. The summed E-state index contributed by atoms with van der Waals surface area (Å²) in [6.45, 7) is 9.36. The first-order chi connectivity index (χ1) is 23.6. The third-order valence-electron chi connectivity index (χ3n) is 8.76. The van der Waals surface area contributed by atoms with Gasteiger partial charge in [0.15, 0.2) is 5.17 Å². The van der Waals surface area contributed by atoms with Crippen molar-refractivity contribution in [2.45, 2.75) is 78.2 Å². The number of aromatic nitrogens is 1. The van der Waals surface area contributed by atoms with Gasteiger partial charge >= 0.3 is 0 Å². The van der Waals surface area contributed by atoms with Crippen LogP contribution in [0.3, 0.4) is 0 Å². The number of rotatable bonds is 19. The Hall–Kier alpha value is -3.51. The van der Waals surface area contributed by atoms with E-state index in [0.29, 0.717) is 35.3 Å². The average Bonchev–Trinajstić information content (AvgIpc) is 3.54. The number of hydrogen-bond acceptors (Lipinski definition) is 7. The number of nitrogens with zero attached hydrogens (tertiary/aromatic N) is 3. The normalized spacial score (nSPS) is 16.2. The number of aliphatic hydroxyl groups excluding tert-OH is 1. The fourth-order valence-corrected chi connectivity index (χ4v) is 6.66. The lowest BCUT2D eigenvalue weighted by molar-refractivity contribution is -0.122. The molecule has 1 atom stereocenters. The number of halogens is 2. The summed E-state index contributed by atoms with van der Waals surface area (Å²) in [6.07, 6.45) is 9.14. The minimum Gasteiger partial charge on any atom is -0.494 e. The smallest absolute Gasteiger partial charge is 0.267 e. The van der Waals surface area contributed by atoms with Crippen LogP contribution in [0.2, 0.25) is 0 Å². The first-order valence-corrected chi connectivity index (χ1v) is 17.9. The van der Waals surface area contributed by atoms with Gasteiger partial charge in [0.1, 0.15) is 17.4 Å². The zero-order chi connectivity index (χ0) is 35.4. The quantitative estimate of drug-likeness (QED) is 0.0994. The van der Waals surface area contributed by atoms with E-state index in [1.807, 2.05) is 39.0 Å². The molecule has 2 N–H and O–H groups in total. The molecule has 0 unspecified atom stereocenters. The minimum atomic E-state index is -0.668. The van der Waals surface area contributed by atoms with E-state index in [2.05, 4.69) is 29.4 Å². The second-order valence-electron chi connectivity index (χ2n) is 12.7. The maximum atomic E-state index is 14.7. The van der Waals surface area contributed by atoms with Crippen molar-refractivity contribution in [3.8, 4) is 11.4 Å². The molecule has 1 aromatic heterocycles. The number of unbranched alkanes of at least 4 members (excludes halogenated alkanes) is 4. The summed E-state index contributed by atoms with van der Waals surface area (Å²) >= 11 is 1.26. The standard InChI is InChI=1S/C38H50F2N4O4S/c1-6-7-8-9-10-20-48-32-14-11-29(12-15-32)17-18-38(4,25-45)42-26-43-36(46)35(49-37(43)41-19-21-47-5)23-30-22-27(2)44(28(30)3)34-16-13-31(39)24-33(34)40/h11-16,22-24,42,45H,6-10,17-21,25-26H2,1-5H3/b35-23-,41-37?/t38-/m1/s1. The molecular formula is C38H50F2N4O4S. The van der Waals surface area contributed by atoms with Crippen LogP contribution in [0.4, 0.5) is 8.78 Å². The first kappa shape index (κ1) is 38.3. The second-order valence-corrected chi connectivity index (χ2v) is 13.7. The third kappa shape index (κ3) is 10.5. The van der Waals surface area contributed by atoms with Crippen LogP contribution in [0.1, 0.15) is 74.9 Å². The summed E-state index contributed by atoms with van der Waals surface area (Å²) in [4.78, 5) is 20.4. The molecule has 0 aliphatic carbocycles. The maximum absolute atomic E-state index is 14.7. The monoisotopic (exact) mass is 696 g/mol. The molecule has 1 saturated heterocycles. The molecule has 1 aliphatic rings. The van der Waals surface area contributed by atoms with E-state index in [1.165, 1.54) is 49.6 Å². The number of nitrogens with one attached hydrogen (secondary N) is 1. The van der Waals surface area contributed by atoms with Crippen LogP contribution in [0, 0.1) is 25.5 Å². The fourth-order valence-electron chi connectivity index (χ4n) is 5.67. The van der Waals surface area contributed by atoms with Gasteiger partial charge in [0.25, 0.3) is 5.91 Å². The van der Waals surface area contributed by atoms with Gasteiger partial charge in [0.05, 0.1) is 43.6 Å². The molecule has 1 amide bonds. The van der Waals surface area contributed by atoms with Crippen LogP contribution < -0.4 is 10.1 Å². The number of aliphatic imine (C=N–C) groups is 1. The molecule has 49 heavy (non-hydrogen) atoms. The van der Waals surface area contributed by atoms with Gasteiger partial charge in [-0.05, 0) is 99.3 Å². The average molecular weight is 697 g/mol. The van der Waals surface area contributed by atoms with Gasteiger partial charge in [-0.2, -0.15) is 0 Å². The summed E-state index contributed by atoms with van der Waals surface area (Å²) in [6, 6.07) is 13.5. The Kier molecular flexibility index (Phi) is 14.4. The van der Waals surface area contributed by atoms with Crippen molar-refractivity contribution in [2.24, 2.45) is 4.99 Å². The molecular weight excluding hydrogens is 647 g/mol. The molecule has 0 radical (unpaired) electrons. The fraction of sp³-hybridized carbons (Fsp3) is 0.474. The van der Waals surface area contributed by atoms with E-state index in [9.17, 15) is 18.7 Å². The summed E-state index contributed by atoms with van der Waals surface area (Å²) in [7, 11) is 1.60.